The molecule has 2 aromatic carbocycles. The first-order valence-electron chi connectivity index (χ1n) is 5.74. The van der Waals surface area contributed by atoms with Gasteiger partial charge in [-0.1, -0.05) is 11.6 Å². The smallest absolute Gasteiger partial charge is 0.416 e. The van der Waals surface area contributed by atoms with Gasteiger partial charge in [-0.2, -0.15) is 13.2 Å². The number of alkyl halides is 3. The zero-order valence-electron chi connectivity index (χ0n) is 10.4. The molecule has 0 bridgehead atoms. The monoisotopic (exact) mass is 315 g/mol. The standard InChI is InChI=1S/C14H9ClF3NO2/c15-9-3-6-11(12(20)7-9)13(21)19-10-4-1-8(2-5-10)14(16,17)18/h1-7,20H,(H,19,21). The lowest BCUT2D eigenvalue weighted by Crippen LogP contribution is -2.12. The number of amides is 1. The van der Waals surface area contributed by atoms with Crippen molar-refractivity contribution in [2.24, 2.45) is 0 Å². The maximum Gasteiger partial charge on any atom is 0.416 e. The van der Waals surface area contributed by atoms with Crippen LogP contribution in [0, 0.1) is 0 Å². The van der Waals surface area contributed by atoms with Gasteiger partial charge in [-0.15, -0.1) is 0 Å². The van der Waals surface area contributed by atoms with Crippen LogP contribution in [0.1, 0.15) is 15.9 Å². The highest BCUT2D eigenvalue weighted by atomic mass is 35.5. The summed E-state index contributed by atoms with van der Waals surface area (Å²) in [5, 5.41) is 12.2. The van der Waals surface area contributed by atoms with Gasteiger partial charge in [0.05, 0.1) is 11.1 Å². The van der Waals surface area contributed by atoms with E-state index in [0.717, 1.165) is 24.3 Å². The second-order valence-corrected chi connectivity index (χ2v) is 4.63. The number of rotatable bonds is 2. The van der Waals surface area contributed by atoms with Crippen LogP contribution in [-0.2, 0) is 6.18 Å². The molecule has 0 aromatic heterocycles. The first-order valence-corrected chi connectivity index (χ1v) is 6.12. The Morgan fingerprint density at radius 3 is 2.24 bits per heavy atom. The average Bonchev–Trinajstić information content (AvgIpc) is 2.38. The van der Waals surface area contributed by atoms with Gasteiger partial charge < -0.3 is 10.4 Å². The van der Waals surface area contributed by atoms with E-state index < -0.39 is 17.6 Å². The number of phenolic OH excluding ortho intramolecular Hbond substituents is 1. The fraction of sp³-hybridized carbons (Fsp3) is 0.0714. The largest absolute Gasteiger partial charge is 0.507 e. The minimum absolute atomic E-state index is 0.0284. The summed E-state index contributed by atoms with van der Waals surface area (Å²) in [5.41, 5.74) is -0.656. The molecule has 0 aliphatic carbocycles. The molecule has 0 saturated heterocycles. The van der Waals surface area contributed by atoms with Crippen LogP contribution >= 0.6 is 11.6 Å². The summed E-state index contributed by atoms with van der Waals surface area (Å²) in [6.45, 7) is 0. The molecule has 2 aromatic rings. The third kappa shape index (κ3) is 3.66. The summed E-state index contributed by atoms with van der Waals surface area (Å²) >= 11 is 5.64. The van der Waals surface area contributed by atoms with Crippen molar-refractivity contribution < 1.29 is 23.1 Å². The molecule has 110 valence electrons. The Morgan fingerprint density at radius 2 is 1.71 bits per heavy atom. The van der Waals surface area contributed by atoms with E-state index in [2.05, 4.69) is 5.32 Å². The lowest BCUT2D eigenvalue weighted by Gasteiger charge is -2.09. The van der Waals surface area contributed by atoms with Gasteiger partial charge in [0.2, 0.25) is 0 Å². The molecular formula is C14H9ClF3NO2. The van der Waals surface area contributed by atoms with Gasteiger partial charge in [-0.05, 0) is 42.5 Å². The van der Waals surface area contributed by atoms with Crippen LogP contribution in [-0.4, -0.2) is 11.0 Å². The highest BCUT2D eigenvalue weighted by Crippen LogP contribution is 2.30. The highest BCUT2D eigenvalue weighted by molar-refractivity contribution is 6.30. The molecule has 2 N–H and O–H groups in total. The quantitative estimate of drug-likeness (QED) is 0.867. The molecule has 0 atom stereocenters. The van der Waals surface area contributed by atoms with E-state index in [9.17, 15) is 23.1 Å². The number of carbonyl (C=O) groups is 1. The summed E-state index contributed by atoms with van der Waals surface area (Å²) in [6, 6.07) is 7.92. The van der Waals surface area contributed by atoms with E-state index >= 15 is 0 Å². The predicted molar refractivity (Wildman–Crippen MR) is 72.5 cm³/mol. The van der Waals surface area contributed by atoms with E-state index in [1.54, 1.807) is 0 Å². The van der Waals surface area contributed by atoms with Gasteiger partial charge in [-0.25, -0.2) is 0 Å². The number of carbonyl (C=O) groups excluding carboxylic acids is 1. The molecule has 0 aliphatic rings. The van der Waals surface area contributed by atoms with Gasteiger partial charge in [0.15, 0.2) is 0 Å². The predicted octanol–water partition coefficient (Wildman–Crippen LogP) is 4.32. The Balaban J connectivity index is 2.16. The van der Waals surface area contributed by atoms with Crippen LogP contribution in [0.25, 0.3) is 0 Å². The third-order valence-electron chi connectivity index (χ3n) is 2.67. The number of phenols is 1. The second-order valence-electron chi connectivity index (χ2n) is 4.19. The van der Waals surface area contributed by atoms with Crippen LogP contribution in [0.4, 0.5) is 18.9 Å². The van der Waals surface area contributed by atoms with E-state index in [4.69, 9.17) is 11.6 Å². The Bertz CT molecular complexity index is 669. The van der Waals surface area contributed by atoms with Crippen LogP contribution in [0.15, 0.2) is 42.5 Å². The zero-order valence-corrected chi connectivity index (χ0v) is 11.2. The van der Waals surface area contributed by atoms with E-state index in [1.807, 2.05) is 0 Å². The lowest BCUT2D eigenvalue weighted by atomic mass is 10.1. The lowest BCUT2D eigenvalue weighted by molar-refractivity contribution is -0.137. The van der Waals surface area contributed by atoms with E-state index in [-0.39, 0.29) is 22.0 Å². The second kappa shape index (κ2) is 5.65. The number of anilines is 1. The summed E-state index contributed by atoms with van der Waals surface area (Å²) < 4.78 is 37.2. The summed E-state index contributed by atoms with van der Waals surface area (Å²) in [6.07, 6.45) is -4.43. The highest BCUT2D eigenvalue weighted by Gasteiger charge is 2.30. The Morgan fingerprint density at radius 1 is 1.10 bits per heavy atom. The van der Waals surface area contributed by atoms with E-state index in [0.29, 0.717) is 0 Å². The van der Waals surface area contributed by atoms with Gasteiger partial charge in [0, 0.05) is 10.7 Å². The third-order valence-corrected chi connectivity index (χ3v) is 2.91. The maximum atomic E-state index is 12.4. The fourth-order valence-electron chi connectivity index (χ4n) is 1.64. The van der Waals surface area contributed by atoms with Crippen LogP contribution in [0.3, 0.4) is 0 Å². The molecule has 1 amide bonds. The number of hydrogen-bond acceptors (Lipinski definition) is 2. The molecule has 2 rings (SSSR count). The molecular weight excluding hydrogens is 307 g/mol. The van der Waals surface area contributed by atoms with Crippen LogP contribution in [0.2, 0.25) is 5.02 Å². The normalized spacial score (nSPS) is 11.2. The SMILES string of the molecule is O=C(Nc1ccc(C(F)(F)F)cc1)c1ccc(Cl)cc1O. The molecule has 0 aliphatic heterocycles. The topological polar surface area (TPSA) is 49.3 Å². The van der Waals surface area contributed by atoms with Crippen molar-refractivity contribution >= 4 is 23.2 Å². The summed E-state index contributed by atoms with van der Waals surface area (Å²) in [7, 11) is 0. The molecule has 0 fully saturated rings. The molecule has 3 nitrogen and oxygen atoms in total. The van der Waals surface area contributed by atoms with Crippen molar-refractivity contribution in [2.45, 2.75) is 6.18 Å². The van der Waals surface area contributed by atoms with Gasteiger partial charge in [0.1, 0.15) is 5.75 Å². The molecule has 0 unspecified atom stereocenters. The van der Waals surface area contributed by atoms with E-state index in [1.165, 1.54) is 18.2 Å². The minimum atomic E-state index is -4.43. The average molecular weight is 316 g/mol. The molecule has 0 heterocycles. The maximum absolute atomic E-state index is 12.4. The first-order chi connectivity index (χ1) is 9.77. The number of hydrogen-bond donors (Lipinski definition) is 2. The summed E-state index contributed by atoms with van der Waals surface area (Å²) in [5.74, 6) is -0.962. The molecule has 0 saturated carbocycles. The van der Waals surface area contributed by atoms with Crippen molar-refractivity contribution in [3.05, 3.63) is 58.6 Å². The minimum Gasteiger partial charge on any atom is -0.507 e. The van der Waals surface area contributed by atoms with Gasteiger partial charge >= 0.3 is 6.18 Å². The number of aromatic hydroxyl groups is 1. The van der Waals surface area contributed by atoms with Crippen molar-refractivity contribution in [3.63, 3.8) is 0 Å². The Labute approximate surface area is 123 Å². The van der Waals surface area contributed by atoms with Crippen molar-refractivity contribution in [1.82, 2.24) is 0 Å². The van der Waals surface area contributed by atoms with Gasteiger partial charge in [0.25, 0.3) is 5.91 Å². The summed E-state index contributed by atoms with van der Waals surface area (Å²) in [4.78, 5) is 11.9. The Kier molecular flexibility index (Phi) is 4.09. The van der Waals surface area contributed by atoms with Crippen LogP contribution < -0.4 is 5.32 Å². The van der Waals surface area contributed by atoms with Crippen molar-refractivity contribution in [2.75, 3.05) is 5.32 Å². The first kappa shape index (κ1) is 15.2. The molecule has 0 radical (unpaired) electrons. The van der Waals surface area contributed by atoms with Crippen molar-refractivity contribution in [3.8, 4) is 5.75 Å². The fourth-order valence-corrected chi connectivity index (χ4v) is 1.80. The van der Waals surface area contributed by atoms with Crippen molar-refractivity contribution in [1.29, 1.82) is 0 Å². The number of halogens is 4. The zero-order chi connectivity index (χ0) is 15.6. The van der Waals surface area contributed by atoms with Crippen LogP contribution in [0.5, 0.6) is 5.75 Å². The molecule has 21 heavy (non-hydrogen) atoms. The number of benzene rings is 2. The number of nitrogens with one attached hydrogen (secondary N) is 1. The molecule has 0 spiro atoms. The van der Waals surface area contributed by atoms with Gasteiger partial charge in [-0.3, -0.25) is 4.79 Å². The Hall–Kier alpha value is -2.21. The molecule has 7 heteroatoms.